The molecule has 1 heterocycles. The number of halogens is 2. The summed E-state index contributed by atoms with van der Waals surface area (Å²) < 4.78 is 3.49. The van der Waals surface area contributed by atoms with E-state index in [0.717, 1.165) is 11.1 Å². The van der Waals surface area contributed by atoms with Crippen molar-refractivity contribution >= 4 is 29.2 Å². The number of ether oxygens (including phenoxy) is 1. The summed E-state index contributed by atoms with van der Waals surface area (Å²) in [6.07, 6.45) is -0.542. The molecule has 4 heteroatoms. The molecule has 0 N–H and O–H groups in total. The van der Waals surface area contributed by atoms with Crippen LogP contribution in [0, 0.1) is 6.92 Å². The molecule has 0 saturated carbocycles. The minimum atomic E-state index is -1.42. The van der Waals surface area contributed by atoms with Crippen LogP contribution in [-0.2, 0) is 9.53 Å². The van der Waals surface area contributed by atoms with Gasteiger partial charge in [0.15, 0.2) is 6.10 Å². The van der Waals surface area contributed by atoms with Gasteiger partial charge in [-0.3, -0.25) is 0 Å². The fourth-order valence-electron chi connectivity index (χ4n) is 1.45. The quantitative estimate of drug-likeness (QED) is 0.548. The monoisotopic (exact) mass is 230 g/mol. The van der Waals surface area contributed by atoms with Crippen molar-refractivity contribution in [3.8, 4) is 0 Å². The topological polar surface area (TPSA) is 26.3 Å². The lowest BCUT2D eigenvalue weighted by molar-refractivity contribution is -0.172. The molecule has 0 amide bonds. The Kier molecular flexibility index (Phi) is 2.20. The second kappa shape index (κ2) is 3.14. The second-order valence-corrected chi connectivity index (χ2v) is 4.65. The highest BCUT2D eigenvalue weighted by Gasteiger charge is 2.57. The van der Waals surface area contributed by atoms with Crippen molar-refractivity contribution in [3.63, 3.8) is 0 Å². The Hall–Kier alpha value is -0.730. The lowest BCUT2D eigenvalue weighted by Crippen LogP contribution is -2.48. The minimum Gasteiger partial charge on any atom is -0.451 e. The molecule has 14 heavy (non-hydrogen) atoms. The van der Waals surface area contributed by atoms with Crippen LogP contribution in [0.3, 0.4) is 0 Å². The number of carbonyl (C=O) groups excluding carboxylic acids is 1. The molecule has 0 bridgehead atoms. The van der Waals surface area contributed by atoms with E-state index in [-0.39, 0.29) is 0 Å². The van der Waals surface area contributed by atoms with Gasteiger partial charge in [0.2, 0.25) is 0 Å². The Bertz CT molecular complexity index is 387. The molecule has 0 spiro atoms. The summed E-state index contributed by atoms with van der Waals surface area (Å²) in [5, 5.41) is 0. The van der Waals surface area contributed by atoms with Crippen molar-refractivity contribution in [2.24, 2.45) is 0 Å². The largest absolute Gasteiger partial charge is 0.451 e. The van der Waals surface area contributed by atoms with Crippen LogP contribution in [0.1, 0.15) is 17.2 Å². The Morgan fingerprint density at radius 3 is 2.50 bits per heavy atom. The highest BCUT2D eigenvalue weighted by atomic mass is 35.5. The van der Waals surface area contributed by atoms with E-state index < -0.39 is 16.4 Å². The zero-order valence-electron chi connectivity index (χ0n) is 7.46. The third kappa shape index (κ3) is 1.30. The molecule has 1 fully saturated rings. The number of hydrogen-bond acceptors (Lipinski definition) is 2. The molecule has 1 aromatic rings. The summed E-state index contributed by atoms with van der Waals surface area (Å²) in [5.74, 6) is -0.575. The van der Waals surface area contributed by atoms with Crippen LogP contribution in [-0.4, -0.2) is 10.3 Å². The van der Waals surface area contributed by atoms with E-state index in [1.54, 1.807) is 0 Å². The predicted octanol–water partition coefficient (Wildman–Crippen LogP) is 2.77. The number of aryl methyl sites for hydroxylation is 1. The second-order valence-electron chi connectivity index (χ2n) is 3.26. The summed E-state index contributed by atoms with van der Waals surface area (Å²) in [6.45, 7) is 1.92. The molecule has 1 aliphatic rings. The first-order valence-electron chi connectivity index (χ1n) is 4.18. The van der Waals surface area contributed by atoms with Gasteiger partial charge in [-0.2, -0.15) is 0 Å². The van der Waals surface area contributed by atoms with Gasteiger partial charge in [-0.1, -0.05) is 47.5 Å². The summed E-state index contributed by atoms with van der Waals surface area (Å²) >= 11 is 11.6. The van der Waals surface area contributed by atoms with Gasteiger partial charge < -0.3 is 4.74 Å². The maximum atomic E-state index is 11.0. The van der Waals surface area contributed by atoms with E-state index in [4.69, 9.17) is 27.9 Å². The first-order valence-corrected chi connectivity index (χ1v) is 4.93. The zero-order valence-corrected chi connectivity index (χ0v) is 8.97. The first-order chi connectivity index (χ1) is 6.53. The standard InChI is InChI=1S/C10H8Cl2O2/c1-6-4-2-3-5-7(6)8-10(11,12)9(13)14-8/h2-5,8H,1H3. The van der Waals surface area contributed by atoms with Crippen LogP contribution in [0.2, 0.25) is 0 Å². The van der Waals surface area contributed by atoms with Gasteiger partial charge >= 0.3 is 5.97 Å². The van der Waals surface area contributed by atoms with Crippen molar-refractivity contribution < 1.29 is 9.53 Å². The van der Waals surface area contributed by atoms with Gasteiger partial charge in [0.05, 0.1) is 0 Å². The lowest BCUT2D eigenvalue weighted by atomic mass is 9.97. The number of esters is 1. The summed E-state index contributed by atoms with van der Waals surface area (Å²) in [4.78, 5) is 11.0. The molecule has 2 rings (SSSR count). The van der Waals surface area contributed by atoms with Crippen LogP contribution in [0.4, 0.5) is 0 Å². The third-order valence-electron chi connectivity index (χ3n) is 2.30. The normalized spacial score (nSPS) is 23.9. The van der Waals surface area contributed by atoms with Gasteiger partial charge in [-0.15, -0.1) is 0 Å². The van der Waals surface area contributed by atoms with Gasteiger partial charge in [0.25, 0.3) is 4.33 Å². The van der Waals surface area contributed by atoms with Crippen LogP contribution in [0.5, 0.6) is 0 Å². The average molecular weight is 231 g/mol. The summed E-state index contributed by atoms with van der Waals surface area (Å²) in [5.41, 5.74) is 1.87. The molecule has 2 nitrogen and oxygen atoms in total. The maximum Gasteiger partial charge on any atom is 0.347 e. The molecular formula is C10H8Cl2O2. The fraction of sp³-hybridized carbons (Fsp3) is 0.300. The fourth-order valence-corrected chi connectivity index (χ4v) is 1.86. The molecule has 74 valence electrons. The molecule has 0 aromatic heterocycles. The van der Waals surface area contributed by atoms with Crippen molar-refractivity contribution in [2.45, 2.75) is 17.4 Å². The maximum absolute atomic E-state index is 11.0. The minimum absolute atomic E-state index is 0.542. The van der Waals surface area contributed by atoms with Gasteiger partial charge in [0, 0.05) is 0 Å². The first kappa shape index (κ1) is 9.81. The van der Waals surface area contributed by atoms with E-state index in [0.29, 0.717) is 0 Å². The number of alkyl halides is 2. The lowest BCUT2D eigenvalue weighted by Gasteiger charge is -2.38. The van der Waals surface area contributed by atoms with Gasteiger partial charge in [-0.05, 0) is 18.1 Å². The molecule has 1 unspecified atom stereocenters. The highest BCUT2D eigenvalue weighted by molar-refractivity contribution is 6.59. The molecule has 0 aliphatic carbocycles. The molecule has 1 aromatic carbocycles. The molecule has 0 radical (unpaired) electrons. The van der Waals surface area contributed by atoms with Crippen LogP contribution < -0.4 is 0 Å². The van der Waals surface area contributed by atoms with Crippen LogP contribution >= 0.6 is 23.2 Å². The molecule has 1 saturated heterocycles. The Morgan fingerprint density at radius 1 is 1.36 bits per heavy atom. The van der Waals surface area contributed by atoms with Crippen molar-refractivity contribution in [2.75, 3.05) is 0 Å². The van der Waals surface area contributed by atoms with Gasteiger partial charge in [0.1, 0.15) is 0 Å². The average Bonchev–Trinajstić information content (AvgIpc) is 2.16. The van der Waals surface area contributed by atoms with Crippen LogP contribution in [0.25, 0.3) is 0 Å². The van der Waals surface area contributed by atoms with E-state index >= 15 is 0 Å². The number of benzene rings is 1. The smallest absolute Gasteiger partial charge is 0.347 e. The van der Waals surface area contributed by atoms with E-state index in [2.05, 4.69) is 0 Å². The Balaban J connectivity index is 2.35. The molecule has 1 aliphatic heterocycles. The van der Waals surface area contributed by atoms with Crippen molar-refractivity contribution in [3.05, 3.63) is 35.4 Å². The molecule has 1 atom stereocenters. The number of rotatable bonds is 1. The predicted molar refractivity (Wildman–Crippen MR) is 54.4 cm³/mol. The molecular weight excluding hydrogens is 223 g/mol. The highest BCUT2D eigenvalue weighted by Crippen LogP contribution is 2.49. The van der Waals surface area contributed by atoms with Crippen molar-refractivity contribution in [1.29, 1.82) is 0 Å². The third-order valence-corrected chi connectivity index (χ3v) is 3.00. The zero-order chi connectivity index (χ0) is 10.3. The van der Waals surface area contributed by atoms with Gasteiger partial charge in [-0.25, -0.2) is 4.79 Å². The summed E-state index contributed by atoms with van der Waals surface area (Å²) in [6, 6.07) is 7.54. The SMILES string of the molecule is Cc1ccccc1C1OC(=O)C1(Cl)Cl. The summed E-state index contributed by atoms with van der Waals surface area (Å²) in [7, 11) is 0. The number of hydrogen-bond donors (Lipinski definition) is 0. The van der Waals surface area contributed by atoms with E-state index in [9.17, 15) is 4.79 Å². The van der Waals surface area contributed by atoms with Crippen molar-refractivity contribution in [1.82, 2.24) is 0 Å². The number of cyclic esters (lactones) is 1. The van der Waals surface area contributed by atoms with Crippen LogP contribution in [0.15, 0.2) is 24.3 Å². The van der Waals surface area contributed by atoms with E-state index in [1.165, 1.54) is 0 Å². The number of carbonyl (C=O) groups is 1. The Labute approximate surface area is 91.8 Å². The van der Waals surface area contributed by atoms with E-state index in [1.807, 2.05) is 31.2 Å². The Morgan fingerprint density at radius 2 is 2.00 bits per heavy atom.